The second-order valence-electron chi connectivity index (χ2n) is 6.40. The van der Waals surface area contributed by atoms with Crippen molar-refractivity contribution in [1.82, 2.24) is 15.1 Å². The maximum absolute atomic E-state index is 12.9. The lowest BCUT2D eigenvalue weighted by atomic mass is 10.0. The van der Waals surface area contributed by atoms with Gasteiger partial charge in [0, 0.05) is 24.7 Å². The van der Waals surface area contributed by atoms with Crippen molar-refractivity contribution in [3.63, 3.8) is 0 Å². The maximum Gasteiger partial charge on any atom is 0.274 e. The number of carbonyl (C=O) groups excluding carboxylic acids is 1. The summed E-state index contributed by atoms with van der Waals surface area (Å²) in [5.74, 6) is 0.504. The van der Waals surface area contributed by atoms with Crippen molar-refractivity contribution in [3.8, 4) is 0 Å². The molecule has 0 aromatic carbocycles. The Morgan fingerprint density at radius 2 is 2.38 bits per heavy atom. The summed E-state index contributed by atoms with van der Waals surface area (Å²) in [7, 11) is 0. The van der Waals surface area contributed by atoms with Gasteiger partial charge in [0.25, 0.3) is 5.91 Å². The van der Waals surface area contributed by atoms with Gasteiger partial charge in [-0.05, 0) is 37.5 Å². The predicted octanol–water partition coefficient (Wildman–Crippen LogP) is 3.07. The molecule has 0 aliphatic carbocycles. The fourth-order valence-corrected chi connectivity index (χ4v) is 3.34. The lowest BCUT2D eigenvalue weighted by Gasteiger charge is -2.30. The number of aromatic amines is 1. The first-order chi connectivity index (χ1) is 11.7. The Kier molecular flexibility index (Phi) is 5.35. The summed E-state index contributed by atoms with van der Waals surface area (Å²) in [5, 5.41) is 17.5. The van der Waals surface area contributed by atoms with Gasteiger partial charge in [0.1, 0.15) is 17.6 Å². The summed E-state index contributed by atoms with van der Waals surface area (Å²) < 4.78 is 5.30. The molecule has 2 N–H and O–H groups in total. The van der Waals surface area contributed by atoms with Gasteiger partial charge in [-0.1, -0.05) is 19.8 Å². The summed E-state index contributed by atoms with van der Waals surface area (Å²) in [6, 6.07) is 5.37. The SMILES string of the molecule is CCc1cc(C(=O)N2CCCCC[C@H]2C[C@H](O)c2ccco2)n[nH]1. The highest BCUT2D eigenvalue weighted by Gasteiger charge is 2.30. The number of H-pyrrole nitrogens is 1. The highest BCUT2D eigenvalue weighted by Crippen LogP contribution is 2.27. The molecular formula is C18H25N3O3. The van der Waals surface area contributed by atoms with Gasteiger partial charge in [-0.2, -0.15) is 5.10 Å². The molecule has 0 radical (unpaired) electrons. The lowest BCUT2D eigenvalue weighted by molar-refractivity contribution is 0.0552. The van der Waals surface area contributed by atoms with E-state index in [2.05, 4.69) is 10.2 Å². The molecule has 3 heterocycles. The van der Waals surface area contributed by atoms with Gasteiger partial charge < -0.3 is 14.4 Å². The van der Waals surface area contributed by atoms with E-state index in [1.807, 2.05) is 17.9 Å². The van der Waals surface area contributed by atoms with E-state index >= 15 is 0 Å². The van der Waals surface area contributed by atoms with Gasteiger partial charge in [-0.3, -0.25) is 9.89 Å². The number of carbonyl (C=O) groups is 1. The molecular weight excluding hydrogens is 306 g/mol. The fourth-order valence-electron chi connectivity index (χ4n) is 3.34. The average Bonchev–Trinajstić information content (AvgIpc) is 3.23. The molecule has 3 rings (SSSR count). The zero-order valence-electron chi connectivity index (χ0n) is 14.1. The highest BCUT2D eigenvalue weighted by atomic mass is 16.4. The van der Waals surface area contributed by atoms with Gasteiger partial charge in [0.15, 0.2) is 0 Å². The minimum atomic E-state index is -0.691. The van der Waals surface area contributed by atoms with E-state index in [9.17, 15) is 9.90 Å². The van der Waals surface area contributed by atoms with Gasteiger partial charge >= 0.3 is 0 Å². The monoisotopic (exact) mass is 331 g/mol. The van der Waals surface area contributed by atoms with Crippen LogP contribution in [0.2, 0.25) is 0 Å². The minimum Gasteiger partial charge on any atom is -0.467 e. The van der Waals surface area contributed by atoms with Crippen LogP contribution < -0.4 is 0 Å². The number of aliphatic hydroxyl groups excluding tert-OH is 1. The van der Waals surface area contributed by atoms with Crippen molar-refractivity contribution < 1.29 is 14.3 Å². The van der Waals surface area contributed by atoms with Crippen molar-refractivity contribution in [3.05, 3.63) is 41.6 Å². The number of likely N-dealkylation sites (tertiary alicyclic amines) is 1. The Morgan fingerprint density at radius 3 is 3.08 bits per heavy atom. The molecule has 0 bridgehead atoms. The van der Waals surface area contributed by atoms with E-state index in [0.29, 0.717) is 24.4 Å². The van der Waals surface area contributed by atoms with Crippen LogP contribution in [0.15, 0.2) is 28.9 Å². The van der Waals surface area contributed by atoms with Gasteiger partial charge in [0.2, 0.25) is 0 Å². The van der Waals surface area contributed by atoms with Crippen molar-refractivity contribution in [2.75, 3.05) is 6.54 Å². The van der Waals surface area contributed by atoms with Crippen molar-refractivity contribution in [2.24, 2.45) is 0 Å². The smallest absolute Gasteiger partial charge is 0.274 e. The second-order valence-corrected chi connectivity index (χ2v) is 6.40. The van der Waals surface area contributed by atoms with Crippen LogP contribution in [0, 0.1) is 0 Å². The number of aromatic nitrogens is 2. The molecule has 0 unspecified atom stereocenters. The molecule has 0 spiro atoms. The third kappa shape index (κ3) is 3.70. The quantitative estimate of drug-likeness (QED) is 0.882. The largest absolute Gasteiger partial charge is 0.467 e. The third-order valence-electron chi connectivity index (χ3n) is 4.74. The fraction of sp³-hybridized carbons (Fsp3) is 0.556. The van der Waals surface area contributed by atoms with Crippen LogP contribution in [0.4, 0.5) is 0 Å². The number of nitrogens with one attached hydrogen (secondary N) is 1. The summed E-state index contributed by atoms with van der Waals surface area (Å²) in [6.07, 6.45) is 6.25. The van der Waals surface area contributed by atoms with Crippen LogP contribution in [-0.2, 0) is 6.42 Å². The Morgan fingerprint density at radius 1 is 1.50 bits per heavy atom. The second kappa shape index (κ2) is 7.66. The molecule has 130 valence electrons. The Labute approximate surface area is 141 Å². The molecule has 2 aromatic heterocycles. The molecule has 1 aliphatic rings. The topological polar surface area (TPSA) is 82.4 Å². The number of amides is 1. The van der Waals surface area contributed by atoms with Crippen LogP contribution in [0.1, 0.15) is 67.1 Å². The van der Waals surface area contributed by atoms with Crippen molar-refractivity contribution >= 4 is 5.91 Å². The van der Waals surface area contributed by atoms with Crippen LogP contribution in [0.5, 0.6) is 0 Å². The molecule has 1 saturated heterocycles. The van der Waals surface area contributed by atoms with E-state index in [1.54, 1.807) is 18.4 Å². The van der Waals surface area contributed by atoms with Crippen molar-refractivity contribution in [2.45, 2.75) is 57.6 Å². The normalized spacial score (nSPS) is 19.9. The number of hydrogen-bond donors (Lipinski definition) is 2. The summed E-state index contributed by atoms with van der Waals surface area (Å²) >= 11 is 0. The first-order valence-corrected chi connectivity index (χ1v) is 8.75. The first-order valence-electron chi connectivity index (χ1n) is 8.75. The summed E-state index contributed by atoms with van der Waals surface area (Å²) in [4.78, 5) is 14.8. The summed E-state index contributed by atoms with van der Waals surface area (Å²) in [6.45, 7) is 2.74. The molecule has 1 fully saturated rings. The molecule has 1 aliphatic heterocycles. The zero-order valence-corrected chi connectivity index (χ0v) is 14.1. The molecule has 6 heteroatoms. The van der Waals surface area contributed by atoms with E-state index in [1.165, 1.54) is 0 Å². The number of aliphatic hydroxyl groups is 1. The third-order valence-corrected chi connectivity index (χ3v) is 4.74. The zero-order chi connectivity index (χ0) is 16.9. The van der Waals surface area contributed by atoms with E-state index < -0.39 is 6.10 Å². The minimum absolute atomic E-state index is 0.00174. The van der Waals surface area contributed by atoms with E-state index in [-0.39, 0.29) is 11.9 Å². The van der Waals surface area contributed by atoms with Crippen molar-refractivity contribution in [1.29, 1.82) is 0 Å². The Hall–Kier alpha value is -2.08. The predicted molar refractivity (Wildman–Crippen MR) is 89.5 cm³/mol. The Bertz CT molecular complexity index is 650. The average molecular weight is 331 g/mol. The number of aryl methyl sites for hydroxylation is 1. The molecule has 6 nitrogen and oxygen atoms in total. The van der Waals surface area contributed by atoms with Crippen LogP contribution in [0.25, 0.3) is 0 Å². The van der Waals surface area contributed by atoms with Crippen LogP contribution in [0.3, 0.4) is 0 Å². The molecule has 1 amide bonds. The maximum atomic E-state index is 12.9. The Balaban J connectivity index is 1.75. The molecule has 2 aromatic rings. The van der Waals surface area contributed by atoms with Crippen LogP contribution >= 0.6 is 0 Å². The van der Waals surface area contributed by atoms with Gasteiger partial charge in [0.05, 0.1) is 6.26 Å². The lowest BCUT2D eigenvalue weighted by Crippen LogP contribution is -2.41. The first kappa shape index (κ1) is 16.8. The number of hydrogen-bond acceptors (Lipinski definition) is 4. The summed E-state index contributed by atoms with van der Waals surface area (Å²) in [5.41, 5.74) is 1.42. The van der Waals surface area contributed by atoms with E-state index in [4.69, 9.17) is 4.42 Å². The molecule has 2 atom stereocenters. The standard InChI is InChI=1S/C18H25N3O3/c1-2-13-11-15(20-19-13)18(23)21-9-5-3-4-7-14(21)12-16(22)17-8-6-10-24-17/h6,8,10-11,14,16,22H,2-5,7,9,12H2,1H3,(H,19,20)/t14-,16-/m0/s1. The van der Waals surface area contributed by atoms with Gasteiger partial charge in [-0.25, -0.2) is 0 Å². The van der Waals surface area contributed by atoms with Crippen LogP contribution in [-0.4, -0.2) is 38.7 Å². The number of rotatable bonds is 5. The number of furan rings is 1. The molecule has 0 saturated carbocycles. The highest BCUT2D eigenvalue weighted by molar-refractivity contribution is 5.92. The number of nitrogens with zero attached hydrogens (tertiary/aromatic N) is 2. The molecule has 24 heavy (non-hydrogen) atoms. The van der Waals surface area contributed by atoms with Gasteiger partial charge in [-0.15, -0.1) is 0 Å². The van der Waals surface area contributed by atoms with E-state index in [0.717, 1.165) is 37.8 Å².